The van der Waals surface area contributed by atoms with Crippen LogP contribution >= 0.6 is 46.9 Å². The van der Waals surface area contributed by atoms with Crippen molar-refractivity contribution in [2.24, 2.45) is 0 Å². The third-order valence-corrected chi connectivity index (χ3v) is 8.55. The van der Waals surface area contributed by atoms with Crippen LogP contribution in [0.15, 0.2) is 41.3 Å². The second-order valence-electron chi connectivity index (χ2n) is 7.65. The van der Waals surface area contributed by atoms with Crippen molar-refractivity contribution >= 4 is 78.0 Å². The van der Waals surface area contributed by atoms with E-state index in [2.05, 4.69) is 4.98 Å². The van der Waals surface area contributed by atoms with Crippen molar-refractivity contribution in [1.29, 1.82) is 0 Å². The summed E-state index contributed by atoms with van der Waals surface area (Å²) < 4.78 is 31.3. The van der Waals surface area contributed by atoms with Gasteiger partial charge in [0.25, 0.3) is 0 Å². The van der Waals surface area contributed by atoms with Crippen LogP contribution in [0.1, 0.15) is 12.8 Å². The number of nitrogens with zero attached hydrogens (tertiary/aromatic N) is 3. The van der Waals surface area contributed by atoms with E-state index >= 15 is 0 Å². The molecule has 3 rings (SSSR count). The van der Waals surface area contributed by atoms with Crippen LogP contribution in [0.25, 0.3) is 10.2 Å². The first-order valence-electron chi connectivity index (χ1n) is 10.2. The lowest BCUT2D eigenvalue weighted by molar-refractivity contribution is -0.118. The fourth-order valence-corrected chi connectivity index (χ4v) is 5.89. The zero-order chi connectivity index (χ0) is 24.2. The Labute approximate surface area is 219 Å². The molecule has 0 aliphatic rings. The summed E-state index contributed by atoms with van der Waals surface area (Å²) in [7, 11) is 1.88. The Morgan fingerprint density at radius 3 is 2.38 bits per heavy atom. The minimum Gasteiger partial charge on any atom is -0.494 e. The molecule has 0 N–H and O–H groups in total. The third-order valence-electron chi connectivity index (χ3n) is 4.95. The van der Waals surface area contributed by atoms with Crippen LogP contribution in [0.4, 0.5) is 5.13 Å². The number of halogens is 3. The topological polar surface area (TPSA) is 79.8 Å². The van der Waals surface area contributed by atoms with Crippen LogP contribution in [0.3, 0.4) is 0 Å². The predicted molar refractivity (Wildman–Crippen MR) is 142 cm³/mol. The van der Waals surface area contributed by atoms with Crippen LogP contribution in [-0.4, -0.2) is 64.3 Å². The van der Waals surface area contributed by atoms with Crippen molar-refractivity contribution in [3.63, 3.8) is 0 Å². The Balaban J connectivity index is 0.00000408. The van der Waals surface area contributed by atoms with Crippen LogP contribution in [-0.2, 0) is 14.6 Å². The number of hydrogen-bond acceptors (Lipinski definition) is 7. The normalized spacial score (nSPS) is 11.5. The quantitative estimate of drug-likeness (QED) is 0.336. The number of amides is 1. The molecule has 0 aliphatic carbocycles. The van der Waals surface area contributed by atoms with Gasteiger partial charge < -0.3 is 9.64 Å². The summed E-state index contributed by atoms with van der Waals surface area (Å²) in [4.78, 5) is 21.5. The highest BCUT2D eigenvalue weighted by atomic mass is 35.5. The summed E-state index contributed by atoms with van der Waals surface area (Å²) in [5.41, 5.74) is 0.595. The number of hydrogen-bond donors (Lipinski definition) is 0. The maximum atomic E-state index is 13.1. The molecular formula is C22H26Cl3N3O4S2. The second kappa shape index (κ2) is 12.4. The molecule has 0 spiro atoms. The maximum absolute atomic E-state index is 13.1. The number of carbonyl (C=O) groups is 1. The molecule has 12 heteroatoms. The third kappa shape index (κ3) is 6.96. The summed E-state index contributed by atoms with van der Waals surface area (Å²) >= 11 is 13.5. The largest absolute Gasteiger partial charge is 0.494 e. The monoisotopic (exact) mass is 565 g/mol. The minimum absolute atomic E-state index is 0. The number of methoxy groups -OCH3 is 1. The SMILES string of the molecule is COc1ccc(Cl)c2sc(N(CCN(C)C)C(=O)CCCS(=O)(=O)c3ccc(Cl)cc3)nc12.Cl. The second-order valence-corrected chi connectivity index (χ2v) is 11.6. The van der Waals surface area contributed by atoms with Crippen LogP contribution in [0.2, 0.25) is 10.0 Å². The van der Waals surface area contributed by atoms with Crippen molar-refractivity contribution < 1.29 is 17.9 Å². The molecule has 1 heterocycles. The van der Waals surface area contributed by atoms with E-state index in [-0.39, 0.29) is 41.8 Å². The van der Waals surface area contributed by atoms with Crippen molar-refractivity contribution in [3.8, 4) is 5.75 Å². The molecule has 0 bridgehead atoms. The van der Waals surface area contributed by atoms with Gasteiger partial charge in [-0.3, -0.25) is 9.69 Å². The van der Waals surface area contributed by atoms with E-state index in [1.807, 2.05) is 19.0 Å². The highest BCUT2D eigenvalue weighted by Crippen LogP contribution is 2.38. The molecule has 0 saturated carbocycles. The predicted octanol–water partition coefficient (Wildman–Crippen LogP) is 5.18. The lowest BCUT2D eigenvalue weighted by atomic mass is 10.3. The van der Waals surface area contributed by atoms with Crippen molar-refractivity contribution in [2.45, 2.75) is 17.7 Å². The van der Waals surface area contributed by atoms with Crippen molar-refractivity contribution in [2.75, 3.05) is 44.9 Å². The molecule has 0 radical (unpaired) electrons. The molecular weight excluding hydrogens is 541 g/mol. The summed E-state index contributed by atoms with van der Waals surface area (Å²) in [6.45, 7) is 1.03. The summed E-state index contributed by atoms with van der Waals surface area (Å²) in [5, 5.41) is 1.50. The number of aromatic nitrogens is 1. The van der Waals surface area contributed by atoms with E-state index < -0.39 is 9.84 Å². The minimum atomic E-state index is -3.51. The average molecular weight is 567 g/mol. The number of benzene rings is 2. The standard InChI is InChI=1S/C22H25Cl2N3O4S2.ClH/c1-26(2)12-13-27(22-25-20-18(31-3)11-10-17(24)21(20)32-22)19(28)5-4-14-33(29,30)16-8-6-15(23)7-9-16;/h6-11H,4-5,12-14H2,1-3H3;1H. The molecule has 2 aromatic carbocycles. The van der Waals surface area contributed by atoms with Crippen molar-refractivity contribution in [1.82, 2.24) is 9.88 Å². The van der Waals surface area contributed by atoms with Gasteiger partial charge in [-0.15, -0.1) is 12.4 Å². The fraction of sp³-hybridized carbons (Fsp3) is 0.364. The van der Waals surface area contributed by atoms with Crippen LogP contribution in [0.5, 0.6) is 5.75 Å². The van der Waals surface area contributed by atoms with E-state index in [9.17, 15) is 13.2 Å². The zero-order valence-corrected chi connectivity index (χ0v) is 22.9. The number of sulfone groups is 1. The number of fused-ring (bicyclic) bond motifs is 1. The Kier molecular flexibility index (Phi) is 10.4. The van der Waals surface area contributed by atoms with Gasteiger partial charge in [-0.25, -0.2) is 13.4 Å². The molecule has 0 atom stereocenters. The smallest absolute Gasteiger partial charge is 0.228 e. The van der Waals surface area contributed by atoms with Gasteiger partial charge in [-0.2, -0.15) is 0 Å². The Morgan fingerprint density at radius 1 is 1.09 bits per heavy atom. The first-order chi connectivity index (χ1) is 15.6. The first-order valence-corrected chi connectivity index (χ1v) is 13.4. The number of anilines is 1. The molecule has 0 fully saturated rings. The molecule has 0 unspecified atom stereocenters. The zero-order valence-electron chi connectivity index (χ0n) is 19.0. The Hall–Kier alpha value is -1.62. The molecule has 3 aromatic rings. The lowest BCUT2D eigenvalue weighted by Crippen LogP contribution is -2.36. The molecule has 0 saturated heterocycles. The van der Waals surface area contributed by atoms with E-state index in [0.29, 0.717) is 39.5 Å². The lowest BCUT2D eigenvalue weighted by Gasteiger charge is -2.22. The van der Waals surface area contributed by atoms with Crippen LogP contribution in [0, 0.1) is 0 Å². The first kappa shape index (κ1) is 28.6. The van der Waals surface area contributed by atoms with E-state index in [1.165, 1.54) is 35.6 Å². The Morgan fingerprint density at radius 2 is 1.76 bits per heavy atom. The van der Waals surface area contributed by atoms with Gasteiger partial charge in [0.05, 0.1) is 27.5 Å². The summed E-state index contributed by atoms with van der Waals surface area (Å²) in [5.74, 6) is 0.241. The van der Waals surface area contributed by atoms with E-state index in [1.54, 1.807) is 24.1 Å². The van der Waals surface area contributed by atoms with Gasteiger partial charge in [0.1, 0.15) is 11.3 Å². The summed E-state index contributed by atoms with van der Waals surface area (Å²) in [6.07, 6.45) is 0.262. The van der Waals surface area contributed by atoms with E-state index in [4.69, 9.17) is 27.9 Å². The van der Waals surface area contributed by atoms with Gasteiger partial charge in [-0.05, 0) is 56.9 Å². The fourth-order valence-electron chi connectivity index (χ4n) is 3.16. The van der Waals surface area contributed by atoms with Crippen LogP contribution < -0.4 is 9.64 Å². The van der Waals surface area contributed by atoms with Crippen molar-refractivity contribution in [3.05, 3.63) is 46.4 Å². The van der Waals surface area contributed by atoms with Gasteiger partial charge in [-0.1, -0.05) is 34.5 Å². The number of ether oxygens (including phenoxy) is 1. The van der Waals surface area contributed by atoms with Gasteiger partial charge >= 0.3 is 0 Å². The Bertz CT molecular complexity index is 1230. The number of rotatable bonds is 10. The van der Waals surface area contributed by atoms with E-state index in [0.717, 1.165) is 4.70 Å². The number of thiazole rings is 1. The molecule has 1 aromatic heterocycles. The molecule has 1 amide bonds. The molecule has 186 valence electrons. The number of carbonyl (C=O) groups excluding carboxylic acids is 1. The number of likely N-dealkylation sites (N-methyl/N-ethyl adjacent to an activating group) is 1. The van der Waals surface area contributed by atoms with Gasteiger partial charge in [0.2, 0.25) is 5.91 Å². The maximum Gasteiger partial charge on any atom is 0.228 e. The molecule has 7 nitrogen and oxygen atoms in total. The molecule has 0 aliphatic heterocycles. The highest BCUT2D eigenvalue weighted by molar-refractivity contribution is 7.91. The van der Waals surface area contributed by atoms with Gasteiger partial charge in [0, 0.05) is 24.5 Å². The highest BCUT2D eigenvalue weighted by Gasteiger charge is 2.23. The summed E-state index contributed by atoms with van der Waals surface area (Å²) in [6, 6.07) is 9.49. The molecule has 34 heavy (non-hydrogen) atoms. The van der Waals surface area contributed by atoms with Gasteiger partial charge in [0.15, 0.2) is 15.0 Å². The average Bonchev–Trinajstić information content (AvgIpc) is 3.20.